The fraction of sp³-hybridized carbons (Fsp3) is 0.500. The van der Waals surface area contributed by atoms with Crippen LogP contribution in [0.4, 0.5) is 5.13 Å². The maximum absolute atomic E-state index is 13.8. The van der Waals surface area contributed by atoms with E-state index in [2.05, 4.69) is 19.8 Å². The summed E-state index contributed by atoms with van der Waals surface area (Å²) >= 11 is 1.26. The Balaban J connectivity index is 1.27. The van der Waals surface area contributed by atoms with E-state index in [0.29, 0.717) is 16.8 Å². The van der Waals surface area contributed by atoms with Gasteiger partial charge in [0.05, 0.1) is 36.6 Å². The van der Waals surface area contributed by atoms with Crippen molar-refractivity contribution >= 4 is 26.5 Å². The molecule has 6 rings (SSSR count). The van der Waals surface area contributed by atoms with Crippen LogP contribution in [0.3, 0.4) is 0 Å². The highest BCUT2D eigenvalue weighted by molar-refractivity contribution is 7.91. The van der Waals surface area contributed by atoms with Crippen molar-refractivity contribution in [1.29, 1.82) is 0 Å². The first kappa shape index (κ1) is 23.1. The molecule has 2 aromatic heterocycles. The molecule has 186 valence electrons. The second-order valence-electron chi connectivity index (χ2n) is 9.70. The zero-order valence-corrected chi connectivity index (χ0v) is 21.3. The lowest BCUT2D eigenvalue weighted by molar-refractivity contribution is 0.173. The van der Waals surface area contributed by atoms with Crippen molar-refractivity contribution in [2.24, 2.45) is 7.05 Å². The van der Waals surface area contributed by atoms with Crippen LogP contribution in [-0.2, 0) is 17.1 Å². The normalized spacial score (nSPS) is 25.9. The number of benzene rings is 1. The molecule has 0 bridgehead atoms. The molecule has 1 unspecified atom stereocenters. The van der Waals surface area contributed by atoms with E-state index in [9.17, 15) is 13.5 Å². The molecule has 0 radical (unpaired) electrons. The average Bonchev–Trinajstić information content (AvgIpc) is 3.64. The number of hydrogen-bond donors (Lipinski definition) is 1. The van der Waals surface area contributed by atoms with Crippen LogP contribution in [0.2, 0.25) is 0 Å². The number of imidazole rings is 1. The summed E-state index contributed by atoms with van der Waals surface area (Å²) in [4.78, 5) is 13.3. The first-order valence-electron chi connectivity index (χ1n) is 12.1. The summed E-state index contributed by atoms with van der Waals surface area (Å²) < 4.78 is 31.6. The summed E-state index contributed by atoms with van der Waals surface area (Å²) in [6, 6.07) is 8.12. The van der Waals surface area contributed by atoms with Gasteiger partial charge in [-0.2, -0.15) is 4.31 Å². The van der Waals surface area contributed by atoms with Crippen LogP contribution in [-0.4, -0.2) is 82.1 Å². The number of aliphatic hydroxyl groups excluding tert-OH is 1. The van der Waals surface area contributed by atoms with Gasteiger partial charge in [0.25, 0.3) is 10.0 Å². The second kappa shape index (κ2) is 8.97. The van der Waals surface area contributed by atoms with Gasteiger partial charge in [-0.25, -0.2) is 18.4 Å². The lowest BCUT2D eigenvalue weighted by Gasteiger charge is -2.37. The van der Waals surface area contributed by atoms with Crippen LogP contribution in [0.1, 0.15) is 30.9 Å². The number of thiazole rings is 1. The molecule has 1 aromatic carbocycles. The Hall–Kier alpha value is -2.31. The molecule has 3 saturated heterocycles. The van der Waals surface area contributed by atoms with Gasteiger partial charge in [-0.15, -0.1) is 0 Å². The lowest BCUT2D eigenvalue weighted by atomic mass is 9.97. The lowest BCUT2D eigenvalue weighted by Crippen LogP contribution is -2.50. The highest BCUT2D eigenvalue weighted by atomic mass is 32.2. The minimum Gasteiger partial charge on any atom is -0.392 e. The largest absolute Gasteiger partial charge is 0.392 e. The quantitative estimate of drug-likeness (QED) is 0.558. The number of fused-ring (bicyclic) bond motifs is 1. The molecule has 3 aliphatic rings. The molecule has 11 heteroatoms. The van der Waals surface area contributed by atoms with Gasteiger partial charge < -0.3 is 14.6 Å². The van der Waals surface area contributed by atoms with E-state index >= 15 is 0 Å². The Morgan fingerprint density at radius 1 is 1.11 bits per heavy atom. The zero-order valence-electron chi connectivity index (χ0n) is 19.7. The summed E-state index contributed by atoms with van der Waals surface area (Å²) in [5.74, 6) is 0. The Morgan fingerprint density at radius 3 is 2.80 bits per heavy atom. The summed E-state index contributed by atoms with van der Waals surface area (Å²) in [5.41, 5.74) is 3.00. The summed E-state index contributed by atoms with van der Waals surface area (Å²) in [7, 11) is -1.73. The zero-order chi connectivity index (χ0) is 24.2. The number of aromatic nitrogens is 3. The predicted molar refractivity (Wildman–Crippen MR) is 135 cm³/mol. The number of nitrogens with zero attached hydrogens (tertiary/aromatic N) is 6. The third kappa shape index (κ3) is 4.09. The van der Waals surface area contributed by atoms with Gasteiger partial charge in [-0.3, -0.25) is 4.90 Å². The Labute approximate surface area is 209 Å². The number of aliphatic hydroxyl groups is 1. The molecular weight excluding hydrogens is 484 g/mol. The van der Waals surface area contributed by atoms with Crippen LogP contribution in [0, 0.1) is 0 Å². The van der Waals surface area contributed by atoms with Crippen LogP contribution >= 0.6 is 11.3 Å². The molecule has 0 amide bonds. The minimum atomic E-state index is -3.69. The van der Waals surface area contributed by atoms with Gasteiger partial charge in [0.1, 0.15) is 0 Å². The Kier molecular flexibility index (Phi) is 5.92. The van der Waals surface area contributed by atoms with E-state index in [-0.39, 0.29) is 12.1 Å². The van der Waals surface area contributed by atoms with Crippen LogP contribution < -0.4 is 4.90 Å². The fourth-order valence-electron chi connectivity index (χ4n) is 5.80. The molecule has 3 atom stereocenters. The molecule has 0 saturated carbocycles. The predicted octanol–water partition coefficient (Wildman–Crippen LogP) is 2.32. The van der Waals surface area contributed by atoms with Gasteiger partial charge in [0, 0.05) is 51.4 Å². The van der Waals surface area contributed by atoms with Gasteiger partial charge in [0.2, 0.25) is 0 Å². The van der Waals surface area contributed by atoms with Gasteiger partial charge in [0.15, 0.2) is 9.34 Å². The Bertz CT molecular complexity index is 1320. The highest BCUT2D eigenvalue weighted by Gasteiger charge is 2.40. The molecule has 3 aromatic rings. The number of aryl methyl sites for hydroxylation is 1. The van der Waals surface area contributed by atoms with E-state index in [0.717, 1.165) is 67.4 Å². The first-order chi connectivity index (χ1) is 16.9. The maximum Gasteiger partial charge on any atom is 0.254 e. The molecule has 9 nitrogen and oxygen atoms in total. The van der Waals surface area contributed by atoms with Crippen LogP contribution in [0.15, 0.2) is 47.2 Å². The van der Waals surface area contributed by atoms with Crippen LogP contribution in [0.25, 0.3) is 11.3 Å². The van der Waals surface area contributed by atoms with Gasteiger partial charge in [-0.1, -0.05) is 35.6 Å². The number of sulfonamides is 1. The highest BCUT2D eigenvalue weighted by Crippen LogP contribution is 2.42. The number of piperazine rings is 1. The molecule has 1 N–H and O–H groups in total. The van der Waals surface area contributed by atoms with Crippen molar-refractivity contribution in [3.63, 3.8) is 0 Å². The number of rotatable bonds is 5. The maximum atomic E-state index is 13.8. The molecule has 0 aliphatic carbocycles. The third-order valence-electron chi connectivity index (χ3n) is 7.52. The van der Waals surface area contributed by atoms with Crippen molar-refractivity contribution in [2.45, 2.75) is 41.7 Å². The van der Waals surface area contributed by atoms with Crippen molar-refractivity contribution < 1.29 is 13.5 Å². The first-order valence-corrected chi connectivity index (χ1v) is 14.4. The summed E-state index contributed by atoms with van der Waals surface area (Å²) in [5, 5.41) is 10.7. The van der Waals surface area contributed by atoms with E-state index in [4.69, 9.17) is 0 Å². The monoisotopic (exact) mass is 514 g/mol. The third-order valence-corrected chi connectivity index (χ3v) is 10.9. The van der Waals surface area contributed by atoms with E-state index in [1.54, 1.807) is 10.6 Å². The fourth-order valence-corrected chi connectivity index (χ4v) is 8.76. The number of hydrogen-bond acceptors (Lipinski definition) is 8. The summed E-state index contributed by atoms with van der Waals surface area (Å²) in [6.07, 6.45) is 7.21. The summed E-state index contributed by atoms with van der Waals surface area (Å²) in [6.45, 7) is 3.66. The minimum absolute atomic E-state index is 0.222. The smallest absolute Gasteiger partial charge is 0.254 e. The van der Waals surface area contributed by atoms with Crippen molar-refractivity contribution in [3.8, 4) is 11.3 Å². The topological polar surface area (TPSA) is 94.8 Å². The standard InChI is InChI=1S/C24H30N6O3S2/c1-27-16-25-12-22(27)20-6-3-2-5-19(20)21-7-4-8-30(21)35(32,33)23-13-26-24(34-23)29-10-9-28-15-18(31)11-17(28)14-29/h2-3,5-6,12-13,16-18,21,31H,4,7-11,14-15H2,1H3/t17-,18+,21?/m0/s1. The van der Waals surface area contributed by atoms with E-state index < -0.39 is 10.0 Å². The Morgan fingerprint density at radius 2 is 1.97 bits per heavy atom. The van der Waals surface area contributed by atoms with Crippen molar-refractivity contribution in [2.75, 3.05) is 37.6 Å². The molecule has 5 heterocycles. The van der Waals surface area contributed by atoms with Crippen LogP contribution in [0.5, 0.6) is 0 Å². The van der Waals surface area contributed by atoms with E-state index in [1.807, 2.05) is 42.1 Å². The molecule has 3 aliphatic heterocycles. The van der Waals surface area contributed by atoms with Crippen molar-refractivity contribution in [1.82, 2.24) is 23.7 Å². The van der Waals surface area contributed by atoms with Gasteiger partial charge in [-0.05, 0) is 24.8 Å². The molecule has 35 heavy (non-hydrogen) atoms. The average molecular weight is 515 g/mol. The van der Waals surface area contributed by atoms with E-state index in [1.165, 1.54) is 17.5 Å². The second-order valence-corrected chi connectivity index (χ2v) is 12.8. The van der Waals surface area contributed by atoms with Crippen molar-refractivity contribution in [3.05, 3.63) is 48.5 Å². The molecular formula is C24H30N6O3S2. The van der Waals surface area contributed by atoms with Gasteiger partial charge >= 0.3 is 0 Å². The molecule has 3 fully saturated rings. The SMILES string of the molecule is Cn1cncc1-c1ccccc1C1CCCN1S(=O)(=O)c1cnc(N2CCN3C[C@H](O)C[C@H]3C2)s1. The molecule has 0 spiro atoms. The number of anilines is 1.